The molecule has 0 aliphatic carbocycles. The molecule has 2 atom stereocenters. The van der Waals surface area contributed by atoms with Gasteiger partial charge < -0.3 is 4.90 Å². The summed E-state index contributed by atoms with van der Waals surface area (Å²) in [5.74, 6) is -0.0622. The summed E-state index contributed by atoms with van der Waals surface area (Å²) in [6.07, 6.45) is 6.27. The molecule has 1 unspecified atom stereocenters. The third-order valence-electron chi connectivity index (χ3n) is 6.55. The van der Waals surface area contributed by atoms with Crippen LogP contribution >= 0.6 is 0 Å². The van der Waals surface area contributed by atoms with Crippen LogP contribution in [0.5, 0.6) is 0 Å². The first-order valence-electron chi connectivity index (χ1n) is 11.8. The van der Waals surface area contributed by atoms with E-state index in [1.165, 1.54) is 23.3 Å². The van der Waals surface area contributed by atoms with Gasteiger partial charge in [0.25, 0.3) is 0 Å². The zero-order valence-electron chi connectivity index (χ0n) is 20.2. The summed E-state index contributed by atoms with van der Waals surface area (Å²) in [7, 11) is 2.01. The zero-order valence-corrected chi connectivity index (χ0v) is 20.2. The number of carbonyl (C=O) groups is 1. The van der Waals surface area contributed by atoms with Crippen LogP contribution in [0, 0.1) is 5.82 Å². The molecule has 33 heavy (non-hydrogen) atoms. The van der Waals surface area contributed by atoms with Gasteiger partial charge in [-0.2, -0.15) is 0 Å². The van der Waals surface area contributed by atoms with E-state index in [4.69, 9.17) is 0 Å². The SMILES string of the molecule is CC=CC(=CC)C(c1ccc(F)cc1)N1CCN(C(=O)CN(C)[C@@H](C)c2ccccc2)CC1. The standard InChI is InChI=1S/C28H36FN3O/c1-5-10-23(6-2)28(25-13-15-26(29)16-14-25)32-19-17-31(18-20-32)27(33)21-30(4)22(3)24-11-8-7-9-12-24/h5-16,22,28H,17-21H2,1-4H3/t22-,28?/m0/s1. The van der Waals surface area contributed by atoms with Crippen LogP contribution in [0.1, 0.15) is 44.0 Å². The minimum atomic E-state index is -0.227. The maximum Gasteiger partial charge on any atom is 0.236 e. The average Bonchev–Trinajstić information content (AvgIpc) is 2.85. The number of halogens is 1. The van der Waals surface area contributed by atoms with Gasteiger partial charge in [0.1, 0.15) is 5.82 Å². The highest BCUT2D eigenvalue weighted by molar-refractivity contribution is 5.78. The summed E-state index contributed by atoms with van der Waals surface area (Å²) >= 11 is 0. The average molecular weight is 450 g/mol. The van der Waals surface area contributed by atoms with Crippen molar-refractivity contribution in [1.82, 2.24) is 14.7 Å². The molecule has 1 aliphatic heterocycles. The van der Waals surface area contributed by atoms with Crippen LogP contribution in [0.15, 0.2) is 78.4 Å². The van der Waals surface area contributed by atoms with Gasteiger partial charge in [-0.3, -0.25) is 14.6 Å². The monoisotopic (exact) mass is 449 g/mol. The molecule has 176 valence electrons. The molecule has 1 saturated heterocycles. The van der Waals surface area contributed by atoms with Crippen molar-refractivity contribution in [3.8, 4) is 0 Å². The third-order valence-corrected chi connectivity index (χ3v) is 6.55. The maximum absolute atomic E-state index is 13.5. The second kappa shape index (κ2) is 11.9. The topological polar surface area (TPSA) is 26.8 Å². The number of allylic oxidation sites excluding steroid dienone is 2. The van der Waals surface area contributed by atoms with Gasteiger partial charge in [-0.1, -0.05) is 60.7 Å². The molecule has 1 fully saturated rings. The van der Waals surface area contributed by atoms with Crippen LogP contribution in [-0.4, -0.2) is 60.4 Å². The van der Waals surface area contributed by atoms with Crippen molar-refractivity contribution < 1.29 is 9.18 Å². The van der Waals surface area contributed by atoms with Gasteiger partial charge in [0, 0.05) is 32.2 Å². The number of carbonyl (C=O) groups excluding carboxylic acids is 1. The molecule has 4 nitrogen and oxygen atoms in total. The quantitative estimate of drug-likeness (QED) is 0.517. The van der Waals surface area contributed by atoms with Crippen molar-refractivity contribution in [2.75, 3.05) is 39.8 Å². The van der Waals surface area contributed by atoms with Crippen LogP contribution < -0.4 is 0 Å². The van der Waals surface area contributed by atoms with E-state index in [0.29, 0.717) is 19.6 Å². The zero-order chi connectivity index (χ0) is 23.8. The van der Waals surface area contributed by atoms with Gasteiger partial charge in [0.2, 0.25) is 5.91 Å². The Morgan fingerprint density at radius 1 is 1.00 bits per heavy atom. The molecule has 1 aliphatic rings. The molecular weight excluding hydrogens is 413 g/mol. The molecule has 5 heteroatoms. The van der Waals surface area contributed by atoms with Crippen molar-refractivity contribution in [3.05, 3.63) is 95.3 Å². The van der Waals surface area contributed by atoms with E-state index in [2.05, 4.69) is 41.0 Å². The first kappa shape index (κ1) is 24.9. The van der Waals surface area contributed by atoms with E-state index < -0.39 is 0 Å². The maximum atomic E-state index is 13.5. The summed E-state index contributed by atoms with van der Waals surface area (Å²) < 4.78 is 13.5. The first-order chi connectivity index (χ1) is 15.9. The Balaban J connectivity index is 1.64. The van der Waals surface area contributed by atoms with Crippen molar-refractivity contribution in [2.45, 2.75) is 32.9 Å². The molecule has 2 aromatic carbocycles. The number of piperazine rings is 1. The smallest absolute Gasteiger partial charge is 0.236 e. The Morgan fingerprint density at radius 2 is 1.64 bits per heavy atom. The summed E-state index contributed by atoms with van der Waals surface area (Å²) in [5, 5.41) is 0. The molecule has 1 heterocycles. The molecule has 0 spiro atoms. The molecule has 3 rings (SSSR count). The fraction of sp³-hybridized carbons (Fsp3) is 0.393. The fourth-order valence-corrected chi connectivity index (χ4v) is 4.46. The molecule has 0 N–H and O–H groups in total. The molecule has 0 radical (unpaired) electrons. The largest absolute Gasteiger partial charge is 0.339 e. The van der Waals surface area contributed by atoms with Gasteiger partial charge in [0.05, 0.1) is 12.6 Å². The van der Waals surface area contributed by atoms with Crippen molar-refractivity contribution >= 4 is 5.91 Å². The Kier molecular flexibility index (Phi) is 8.98. The van der Waals surface area contributed by atoms with E-state index in [1.54, 1.807) is 0 Å². The lowest BCUT2D eigenvalue weighted by atomic mass is 9.95. The van der Waals surface area contributed by atoms with Crippen molar-refractivity contribution in [1.29, 1.82) is 0 Å². The van der Waals surface area contributed by atoms with Gasteiger partial charge in [-0.15, -0.1) is 0 Å². The van der Waals surface area contributed by atoms with Gasteiger partial charge in [-0.25, -0.2) is 4.39 Å². The lowest BCUT2D eigenvalue weighted by molar-refractivity contribution is -0.134. The fourth-order valence-electron chi connectivity index (χ4n) is 4.46. The molecule has 0 bridgehead atoms. The number of amides is 1. The van der Waals surface area contributed by atoms with Crippen molar-refractivity contribution in [3.63, 3.8) is 0 Å². The lowest BCUT2D eigenvalue weighted by Crippen LogP contribution is -2.52. The van der Waals surface area contributed by atoms with Crippen LogP contribution in [0.3, 0.4) is 0 Å². The van der Waals surface area contributed by atoms with Crippen LogP contribution in [0.4, 0.5) is 4.39 Å². The number of nitrogens with zero attached hydrogens (tertiary/aromatic N) is 3. The summed E-state index contributed by atoms with van der Waals surface area (Å²) in [4.78, 5) is 19.5. The normalized spacial score (nSPS) is 17.5. The number of rotatable bonds is 8. The summed E-state index contributed by atoms with van der Waals surface area (Å²) in [6, 6.07) is 17.3. The van der Waals surface area contributed by atoms with Gasteiger partial charge in [0.15, 0.2) is 0 Å². The van der Waals surface area contributed by atoms with E-state index in [9.17, 15) is 9.18 Å². The van der Waals surface area contributed by atoms with Gasteiger partial charge in [-0.05, 0) is 56.7 Å². The minimum absolute atomic E-state index is 0.0461. The van der Waals surface area contributed by atoms with Crippen LogP contribution in [0.2, 0.25) is 0 Å². The number of hydrogen-bond donors (Lipinski definition) is 0. The molecule has 0 saturated carbocycles. The molecule has 0 aromatic heterocycles. The van der Waals surface area contributed by atoms with Crippen LogP contribution in [-0.2, 0) is 4.79 Å². The highest BCUT2D eigenvalue weighted by Gasteiger charge is 2.29. The second-order valence-electron chi connectivity index (χ2n) is 8.66. The number of likely N-dealkylation sites (N-methyl/N-ethyl adjacent to an activating group) is 1. The van der Waals surface area contributed by atoms with Gasteiger partial charge >= 0.3 is 0 Å². The van der Waals surface area contributed by atoms with Crippen LogP contribution in [0.25, 0.3) is 0 Å². The molecular formula is C28H36FN3O. The van der Waals surface area contributed by atoms with Crippen molar-refractivity contribution in [2.24, 2.45) is 0 Å². The number of benzene rings is 2. The van der Waals surface area contributed by atoms with E-state index in [0.717, 1.165) is 18.7 Å². The summed E-state index contributed by atoms with van der Waals surface area (Å²) in [5.41, 5.74) is 3.46. The Bertz CT molecular complexity index is 947. The lowest BCUT2D eigenvalue weighted by Gasteiger charge is -2.40. The highest BCUT2D eigenvalue weighted by Crippen LogP contribution is 2.31. The Morgan fingerprint density at radius 3 is 2.21 bits per heavy atom. The minimum Gasteiger partial charge on any atom is -0.339 e. The van der Waals surface area contributed by atoms with E-state index in [1.807, 2.05) is 62.2 Å². The summed E-state index contributed by atoms with van der Waals surface area (Å²) in [6.45, 7) is 9.52. The third kappa shape index (κ3) is 6.40. The predicted molar refractivity (Wildman–Crippen MR) is 133 cm³/mol. The Labute approximate surface area is 198 Å². The molecule has 1 amide bonds. The van der Waals surface area contributed by atoms with E-state index >= 15 is 0 Å². The Hall–Kier alpha value is -2.76. The molecule has 2 aromatic rings. The number of hydrogen-bond acceptors (Lipinski definition) is 3. The predicted octanol–water partition coefficient (Wildman–Crippen LogP) is 5.23. The van der Waals surface area contributed by atoms with E-state index in [-0.39, 0.29) is 23.8 Å². The highest BCUT2D eigenvalue weighted by atomic mass is 19.1. The second-order valence-corrected chi connectivity index (χ2v) is 8.66. The first-order valence-corrected chi connectivity index (χ1v) is 11.8.